The van der Waals surface area contributed by atoms with Crippen molar-refractivity contribution in [1.82, 2.24) is 9.97 Å². The third-order valence-electron chi connectivity index (χ3n) is 2.59. The molecule has 2 heterocycles. The Morgan fingerprint density at radius 1 is 1.13 bits per heavy atom. The largest absolute Gasteiger partial charge is 0.261 e. The minimum Gasteiger partial charge on any atom is -0.261 e. The van der Waals surface area contributed by atoms with Crippen LogP contribution in [0.1, 0.15) is 31.0 Å². The lowest BCUT2D eigenvalue weighted by Gasteiger charge is -2.10. The highest BCUT2D eigenvalue weighted by molar-refractivity contribution is 6.30. The Hall–Kier alpha value is -1.15. The highest BCUT2D eigenvalue weighted by atomic mass is 35.5. The quantitative estimate of drug-likeness (QED) is 0.685. The van der Waals surface area contributed by atoms with Gasteiger partial charge in [-0.05, 0) is 29.9 Å². The van der Waals surface area contributed by atoms with Gasteiger partial charge >= 0.3 is 0 Å². The fraction of sp³-hybridized carbons (Fsp3) is 0.333. The summed E-state index contributed by atoms with van der Waals surface area (Å²) in [6, 6.07) is 1.92. The van der Waals surface area contributed by atoms with Gasteiger partial charge in [0.05, 0.1) is 0 Å². The Balaban J connectivity index is 2.84. The molecule has 2 rings (SSSR count). The molecule has 0 amide bonds. The van der Waals surface area contributed by atoms with E-state index in [1.54, 1.807) is 6.20 Å². The molecule has 0 bridgehead atoms. The first-order valence-electron chi connectivity index (χ1n) is 5.00. The molecule has 0 aromatic carbocycles. The zero-order valence-corrected chi connectivity index (χ0v) is 9.84. The zero-order chi connectivity index (χ0) is 11.0. The van der Waals surface area contributed by atoms with Gasteiger partial charge in [-0.15, -0.1) is 0 Å². The summed E-state index contributed by atoms with van der Waals surface area (Å²) < 4.78 is 0. The van der Waals surface area contributed by atoms with Gasteiger partial charge in [-0.2, -0.15) is 0 Å². The van der Waals surface area contributed by atoms with Crippen LogP contribution in [0.3, 0.4) is 0 Å². The molecule has 0 aliphatic heterocycles. The summed E-state index contributed by atoms with van der Waals surface area (Å²) in [6.07, 6.45) is 3.73. The predicted octanol–water partition coefficient (Wildman–Crippen LogP) is 3.72. The van der Waals surface area contributed by atoms with Crippen LogP contribution < -0.4 is 0 Å². The van der Waals surface area contributed by atoms with E-state index in [0.29, 0.717) is 11.1 Å². The number of nitrogens with zero attached hydrogens (tertiary/aromatic N) is 2. The van der Waals surface area contributed by atoms with Gasteiger partial charge < -0.3 is 0 Å². The van der Waals surface area contributed by atoms with E-state index in [9.17, 15) is 0 Å². The first-order chi connectivity index (χ1) is 7.09. The van der Waals surface area contributed by atoms with Gasteiger partial charge in [-0.3, -0.25) is 4.98 Å². The third-order valence-corrected chi connectivity index (χ3v) is 2.80. The number of hydrogen-bond donors (Lipinski definition) is 0. The van der Waals surface area contributed by atoms with Gasteiger partial charge in [-0.1, -0.05) is 25.4 Å². The number of rotatable bonds is 1. The van der Waals surface area contributed by atoms with Gasteiger partial charge in [0.15, 0.2) is 0 Å². The van der Waals surface area contributed by atoms with E-state index < -0.39 is 0 Å². The molecule has 0 saturated carbocycles. The molecule has 0 spiro atoms. The summed E-state index contributed by atoms with van der Waals surface area (Å²) in [6.45, 7) is 6.29. The molecule has 2 nitrogen and oxygen atoms in total. The van der Waals surface area contributed by atoms with Crippen LogP contribution in [0, 0.1) is 6.92 Å². The molecule has 0 aliphatic rings. The van der Waals surface area contributed by atoms with Crippen LogP contribution in [-0.4, -0.2) is 9.97 Å². The van der Waals surface area contributed by atoms with E-state index in [0.717, 1.165) is 16.5 Å². The predicted molar refractivity (Wildman–Crippen MR) is 63.4 cm³/mol. The van der Waals surface area contributed by atoms with E-state index in [4.69, 9.17) is 11.6 Å². The van der Waals surface area contributed by atoms with Crippen molar-refractivity contribution in [2.45, 2.75) is 26.7 Å². The standard InChI is InChI=1S/C12H13ClN2/c1-7(2)10-5-14-8(3)11-6-15-12(13)4-9(10)11/h4-7H,1-3H3. The van der Waals surface area contributed by atoms with E-state index in [-0.39, 0.29) is 0 Å². The maximum atomic E-state index is 5.92. The number of aryl methyl sites for hydroxylation is 1. The molecule has 0 N–H and O–H groups in total. The van der Waals surface area contributed by atoms with E-state index >= 15 is 0 Å². The second-order valence-electron chi connectivity index (χ2n) is 4.01. The summed E-state index contributed by atoms with van der Waals surface area (Å²) in [5.74, 6) is 0.444. The van der Waals surface area contributed by atoms with Crippen LogP contribution >= 0.6 is 11.6 Å². The van der Waals surface area contributed by atoms with Crippen molar-refractivity contribution in [1.29, 1.82) is 0 Å². The Kier molecular flexibility index (Phi) is 2.61. The number of aromatic nitrogens is 2. The molecule has 2 aromatic rings. The highest BCUT2D eigenvalue weighted by Gasteiger charge is 2.08. The van der Waals surface area contributed by atoms with Gasteiger partial charge in [0, 0.05) is 23.5 Å². The molecule has 15 heavy (non-hydrogen) atoms. The highest BCUT2D eigenvalue weighted by Crippen LogP contribution is 2.27. The van der Waals surface area contributed by atoms with Crippen LogP contribution in [0.15, 0.2) is 18.5 Å². The van der Waals surface area contributed by atoms with Gasteiger partial charge in [0.25, 0.3) is 0 Å². The number of pyridine rings is 2. The van der Waals surface area contributed by atoms with E-state index in [1.807, 2.05) is 19.2 Å². The summed E-state index contributed by atoms with van der Waals surface area (Å²) in [5, 5.41) is 2.79. The van der Waals surface area contributed by atoms with Gasteiger partial charge in [0.1, 0.15) is 5.15 Å². The summed E-state index contributed by atoms with van der Waals surface area (Å²) >= 11 is 5.92. The van der Waals surface area contributed by atoms with Gasteiger partial charge in [-0.25, -0.2) is 4.98 Å². The number of halogens is 1. The maximum Gasteiger partial charge on any atom is 0.129 e. The van der Waals surface area contributed by atoms with Crippen LogP contribution in [0.25, 0.3) is 10.8 Å². The normalized spacial score (nSPS) is 11.3. The molecule has 3 heteroatoms. The Morgan fingerprint density at radius 2 is 1.87 bits per heavy atom. The molecule has 0 atom stereocenters. The average Bonchev–Trinajstić information content (AvgIpc) is 2.17. The summed E-state index contributed by atoms with van der Waals surface area (Å²) in [4.78, 5) is 8.47. The van der Waals surface area contributed by atoms with Crippen molar-refractivity contribution in [3.8, 4) is 0 Å². The molecule has 2 aromatic heterocycles. The minimum atomic E-state index is 0.444. The first-order valence-corrected chi connectivity index (χ1v) is 5.38. The fourth-order valence-corrected chi connectivity index (χ4v) is 1.88. The lowest BCUT2D eigenvalue weighted by molar-refractivity contribution is 0.867. The van der Waals surface area contributed by atoms with Crippen molar-refractivity contribution >= 4 is 22.4 Å². The van der Waals surface area contributed by atoms with Crippen molar-refractivity contribution < 1.29 is 0 Å². The molecular formula is C12H13ClN2. The second kappa shape index (κ2) is 3.78. The molecule has 0 aliphatic carbocycles. The van der Waals surface area contributed by atoms with Crippen molar-refractivity contribution in [3.63, 3.8) is 0 Å². The minimum absolute atomic E-state index is 0.444. The first kappa shape index (κ1) is 10.4. The third kappa shape index (κ3) is 1.82. The average molecular weight is 221 g/mol. The SMILES string of the molecule is Cc1ncc(C(C)C)c2cc(Cl)ncc12. The van der Waals surface area contributed by atoms with E-state index in [2.05, 4.69) is 23.8 Å². The lowest BCUT2D eigenvalue weighted by atomic mass is 9.99. The summed E-state index contributed by atoms with van der Waals surface area (Å²) in [5.41, 5.74) is 2.22. The Bertz CT molecular complexity index is 506. The monoisotopic (exact) mass is 220 g/mol. The Morgan fingerprint density at radius 3 is 2.53 bits per heavy atom. The topological polar surface area (TPSA) is 25.8 Å². The second-order valence-corrected chi connectivity index (χ2v) is 4.39. The van der Waals surface area contributed by atoms with Crippen LogP contribution in [0.5, 0.6) is 0 Å². The van der Waals surface area contributed by atoms with Crippen molar-refractivity contribution in [3.05, 3.63) is 34.9 Å². The van der Waals surface area contributed by atoms with Crippen LogP contribution in [0.2, 0.25) is 5.15 Å². The smallest absolute Gasteiger partial charge is 0.129 e. The molecule has 0 saturated heterocycles. The number of fused-ring (bicyclic) bond motifs is 1. The molecule has 0 radical (unpaired) electrons. The van der Waals surface area contributed by atoms with Gasteiger partial charge in [0.2, 0.25) is 0 Å². The summed E-state index contributed by atoms with van der Waals surface area (Å²) in [7, 11) is 0. The lowest BCUT2D eigenvalue weighted by Crippen LogP contribution is -1.95. The maximum absolute atomic E-state index is 5.92. The molecule has 78 valence electrons. The van der Waals surface area contributed by atoms with Crippen molar-refractivity contribution in [2.75, 3.05) is 0 Å². The Labute approximate surface area is 94.3 Å². The van der Waals surface area contributed by atoms with Crippen LogP contribution in [-0.2, 0) is 0 Å². The van der Waals surface area contributed by atoms with Crippen molar-refractivity contribution in [2.24, 2.45) is 0 Å². The zero-order valence-electron chi connectivity index (χ0n) is 9.08. The number of hydrogen-bond acceptors (Lipinski definition) is 2. The molecule has 0 unspecified atom stereocenters. The molecular weight excluding hydrogens is 208 g/mol. The molecule has 0 fully saturated rings. The van der Waals surface area contributed by atoms with Crippen LogP contribution in [0.4, 0.5) is 0 Å². The fourth-order valence-electron chi connectivity index (χ4n) is 1.72. The van der Waals surface area contributed by atoms with E-state index in [1.165, 1.54) is 5.56 Å².